The summed E-state index contributed by atoms with van der Waals surface area (Å²) < 4.78 is 30.4. The van der Waals surface area contributed by atoms with Gasteiger partial charge in [0.15, 0.2) is 18.2 Å². The summed E-state index contributed by atoms with van der Waals surface area (Å²) in [6, 6.07) is 11.7. The van der Waals surface area contributed by atoms with Crippen molar-refractivity contribution in [2.24, 2.45) is 0 Å². The highest BCUT2D eigenvalue weighted by molar-refractivity contribution is 7.92. The number of sulfonamides is 1. The summed E-state index contributed by atoms with van der Waals surface area (Å²) in [7, 11) is -3.31. The number of hydrogen-bond acceptors (Lipinski definition) is 5. The first-order valence-electron chi connectivity index (χ1n) is 8.69. The van der Waals surface area contributed by atoms with E-state index in [1.54, 1.807) is 49.4 Å². The van der Waals surface area contributed by atoms with Crippen molar-refractivity contribution in [1.29, 1.82) is 0 Å². The van der Waals surface area contributed by atoms with E-state index in [9.17, 15) is 18.0 Å². The van der Waals surface area contributed by atoms with Crippen LogP contribution in [0.5, 0.6) is 5.75 Å². The second-order valence-corrected chi connectivity index (χ2v) is 8.35. The number of fused-ring (bicyclic) bond motifs is 1. The van der Waals surface area contributed by atoms with E-state index < -0.39 is 10.0 Å². The zero-order valence-corrected chi connectivity index (χ0v) is 16.1. The van der Waals surface area contributed by atoms with Crippen LogP contribution < -0.4 is 9.04 Å². The quantitative estimate of drug-likeness (QED) is 0.683. The highest BCUT2D eigenvalue weighted by atomic mass is 32.2. The molecule has 0 bridgehead atoms. The predicted molar refractivity (Wildman–Crippen MR) is 103 cm³/mol. The highest BCUT2D eigenvalue weighted by Gasteiger charge is 2.26. The summed E-state index contributed by atoms with van der Waals surface area (Å²) in [5.41, 5.74) is 2.58. The number of benzene rings is 2. The van der Waals surface area contributed by atoms with Crippen LogP contribution in [0.15, 0.2) is 42.5 Å². The summed E-state index contributed by atoms with van der Waals surface area (Å²) in [5, 5.41) is 0. The van der Waals surface area contributed by atoms with E-state index >= 15 is 0 Å². The Kier molecular flexibility index (Phi) is 5.32. The van der Waals surface area contributed by atoms with Crippen LogP contribution in [0.25, 0.3) is 0 Å². The number of anilines is 1. The van der Waals surface area contributed by atoms with Crippen LogP contribution in [0.2, 0.25) is 0 Å². The molecule has 1 aliphatic heterocycles. The molecule has 0 atom stereocenters. The van der Waals surface area contributed by atoms with E-state index in [1.165, 1.54) is 10.6 Å². The summed E-state index contributed by atoms with van der Waals surface area (Å²) in [5.74, 6) is 0.378. The molecule has 0 saturated heterocycles. The van der Waals surface area contributed by atoms with E-state index in [0.29, 0.717) is 42.0 Å². The first kappa shape index (κ1) is 19.1. The second kappa shape index (κ2) is 7.52. The molecule has 0 unspecified atom stereocenters. The number of nitrogens with zero attached hydrogens (tertiary/aromatic N) is 1. The van der Waals surface area contributed by atoms with Crippen LogP contribution in [0, 0.1) is 0 Å². The van der Waals surface area contributed by atoms with Gasteiger partial charge in [-0.05, 0) is 54.4 Å². The zero-order chi connectivity index (χ0) is 19.6. The lowest BCUT2D eigenvalue weighted by Gasteiger charge is -2.16. The lowest BCUT2D eigenvalue weighted by atomic mass is 10.1. The topological polar surface area (TPSA) is 80.8 Å². The second-order valence-electron chi connectivity index (χ2n) is 6.44. The normalized spacial score (nSPS) is 13.3. The van der Waals surface area contributed by atoms with E-state index in [0.717, 1.165) is 5.56 Å². The molecule has 0 aromatic heterocycles. The average Bonchev–Trinajstić information content (AvgIpc) is 3.09. The molecule has 0 radical (unpaired) electrons. The van der Waals surface area contributed by atoms with Crippen LogP contribution >= 0.6 is 0 Å². The Morgan fingerprint density at radius 2 is 1.70 bits per heavy atom. The van der Waals surface area contributed by atoms with Gasteiger partial charge in [0.1, 0.15) is 5.75 Å². The molecular formula is C20H21NO5S. The Morgan fingerprint density at radius 3 is 2.33 bits per heavy atom. The third-order valence-electron chi connectivity index (χ3n) is 4.52. The molecule has 142 valence electrons. The van der Waals surface area contributed by atoms with Gasteiger partial charge >= 0.3 is 0 Å². The minimum absolute atomic E-state index is 0.0545. The first-order valence-corrected chi connectivity index (χ1v) is 10.5. The summed E-state index contributed by atoms with van der Waals surface area (Å²) in [4.78, 5) is 24.0. The summed E-state index contributed by atoms with van der Waals surface area (Å²) >= 11 is 0. The van der Waals surface area contributed by atoms with Gasteiger partial charge < -0.3 is 4.74 Å². The minimum Gasteiger partial charge on any atom is -0.485 e. The highest BCUT2D eigenvalue weighted by Crippen LogP contribution is 2.30. The molecule has 1 aliphatic rings. The van der Waals surface area contributed by atoms with Crippen molar-refractivity contribution in [2.75, 3.05) is 23.7 Å². The van der Waals surface area contributed by atoms with Crippen molar-refractivity contribution >= 4 is 27.3 Å². The van der Waals surface area contributed by atoms with E-state index in [4.69, 9.17) is 4.74 Å². The van der Waals surface area contributed by atoms with Gasteiger partial charge in [-0.2, -0.15) is 0 Å². The molecule has 27 heavy (non-hydrogen) atoms. The first-order chi connectivity index (χ1) is 12.8. The number of ether oxygens (including phenoxy) is 1. The van der Waals surface area contributed by atoms with Gasteiger partial charge in [0.25, 0.3) is 0 Å². The summed E-state index contributed by atoms with van der Waals surface area (Å²) in [6.45, 7) is 2.07. The Balaban J connectivity index is 1.66. The molecule has 0 saturated carbocycles. The van der Waals surface area contributed by atoms with Gasteiger partial charge in [-0.25, -0.2) is 8.42 Å². The van der Waals surface area contributed by atoms with Crippen molar-refractivity contribution in [3.05, 3.63) is 59.2 Å². The summed E-state index contributed by atoms with van der Waals surface area (Å²) in [6.07, 6.45) is 2.19. The SMILES string of the molecule is CCC(=O)c1ccc(OCC(=O)c2ccc3c(c2)CCN3S(C)(=O)=O)cc1. The standard InChI is InChI=1S/C20H21NO5S/c1-3-19(22)14-4-7-17(8-5-14)26-13-20(23)16-6-9-18-15(12-16)10-11-21(18)27(2,24)25/h4-9,12H,3,10-11,13H2,1-2H3. The van der Waals surface area contributed by atoms with Crippen LogP contribution in [0.4, 0.5) is 5.69 Å². The maximum atomic E-state index is 12.4. The van der Waals surface area contributed by atoms with E-state index in [1.807, 2.05) is 0 Å². The van der Waals surface area contributed by atoms with Crippen molar-refractivity contribution in [3.8, 4) is 5.75 Å². The van der Waals surface area contributed by atoms with Gasteiger partial charge in [0.05, 0.1) is 11.9 Å². The van der Waals surface area contributed by atoms with Crippen molar-refractivity contribution in [2.45, 2.75) is 19.8 Å². The largest absolute Gasteiger partial charge is 0.485 e. The van der Waals surface area contributed by atoms with Gasteiger partial charge in [-0.1, -0.05) is 6.92 Å². The van der Waals surface area contributed by atoms with Crippen LogP contribution in [-0.2, 0) is 16.4 Å². The van der Waals surface area contributed by atoms with Crippen molar-refractivity contribution in [3.63, 3.8) is 0 Å². The maximum absolute atomic E-state index is 12.4. The van der Waals surface area contributed by atoms with Gasteiger partial charge in [-0.15, -0.1) is 0 Å². The van der Waals surface area contributed by atoms with Crippen LogP contribution in [0.3, 0.4) is 0 Å². The Bertz CT molecular complexity index is 980. The predicted octanol–water partition coefficient (Wildman–Crippen LogP) is 2.86. The zero-order valence-electron chi connectivity index (χ0n) is 15.3. The molecule has 3 rings (SSSR count). The van der Waals surface area contributed by atoms with Gasteiger partial charge in [-0.3, -0.25) is 13.9 Å². The number of ketones is 2. The van der Waals surface area contributed by atoms with Crippen LogP contribution in [0.1, 0.15) is 39.6 Å². The van der Waals surface area contributed by atoms with Gasteiger partial charge in [0.2, 0.25) is 10.0 Å². The number of carbonyl (C=O) groups excluding carboxylic acids is 2. The minimum atomic E-state index is -3.31. The molecule has 1 heterocycles. The van der Waals surface area contributed by atoms with E-state index in [2.05, 4.69) is 0 Å². The Morgan fingerprint density at radius 1 is 1.04 bits per heavy atom. The molecule has 0 amide bonds. The molecule has 0 aliphatic carbocycles. The molecule has 7 heteroatoms. The smallest absolute Gasteiger partial charge is 0.232 e. The monoisotopic (exact) mass is 387 g/mol. The number of hydrogen-bond donors (Lipinski definition) is 0. The number of rotatable bonds is 7. The molecule has 2 aromatic rings. The third-order valence-corrected chi connectivity index (χ3v) is 5.70. The van der Waals surface area contributed by atoms with E-state index in [-0.39, 0.29) is 18.2 Å². The van der Waals surface area contributed by atoms with Crippen LogP contribution in [-0.4, -0.2) is 39.4 Å². The maximum Gasteiger partial charge on any atom is 0.232 e. The third kappa shape index (κ3) is 4.19. The fourth-order valence-electron chi connectivity index (χ4n) is 3.06. The lowest BCUT2D eigenvalue weighted by molar-refractivity contribution is 0.0920. The number of carbonyl (C=O) groups is 2. The Labute approximate surface area is 158 Å². The molecule has 2 aromatic carbocycles. The molecule has 0 spiro atoms. The fraction of sp³-hybridized carbons (Fsp3) is 0.300. The fourth-order valence-corrected chi connectivity index (χ4v) is 4.02. The van der Waals surface area contributed by atoms with Crippen molar-refractivity contribution in [1.82, 2.24) is 0 Å². The molecule has 6 nitrogen and oxygen atoms in total. The lowest BCUT2D eigenvalue weighted by Crippen LogP contribution is -2.27. The molecule has 0 fully saturated rings. The molecular weight excluding hydrogens is 366 g/mol. The number of Topliss-reactive ketones (excluding diaryl/α,β-unsaturated/α-hetero) is 2. The van der Waals surface area contributed by atoms with Crippen molar-refractivity contribution < 1.29 is 22.7 Å². The molecule has 0 N–H and O–H groups in total. The Hall–Kier alpha value is -2.67. The average molecular weight is 387 g/mol. The van der Waals surface area contributed by atoms with Gasteiger partial charge in [0, 0.05) is 24.1 Å².